The molecule has 0 atom stereocenters. The van der Waals surface area contributed by atoms with Gasteiger partial charge < -0.3 is 0 Å². The van der Waals surface area contributed by atoms with Crippen molar-refractivity contribution in [2.24, 2.45) is 0 Å². The zero-order valence-corrected chi connectivity index (χ0v) is 28.2. The van der Waals surface area contributed by atoms with Crippen molar-refractivity contribution in [3.8, 4) is 0 Å². The molecule has 221 valence electrons. The van der Waals surface area contributed by atoms with Crippen LogP contribution in [0.2, 0.25) is 0 Å². The van der Waals surface area contributed by atoms with Gasteiger partial charge >= 0.3 is 0 Å². The molecule has 0 N–H and O–H groups in total. The normalized spacial score (nSPS) is 11.4. The van der Waals surface area contributed by atoms with Gasteiger partial charge in [-0.3, -0.25) is 0 Å². The van der Waals surface area contributed by atoms with Gasteiger partial charge in [-0.2, -0.15) is 0 Å². The molecule has 6 aromatic carbocycles. The summed E-state index contributed by atoms with van der Waals surface area (Å²) in [6, 6.07) is 66.7. The maximum atomic E-state index is 4.93. The largest absolute Gasteiger partial charge is 0.0989 e. The highest BCUT2D eigenvalue weighted by Crippen LogP contribution is 2.47. The second-order valence-electron chi connectivity index (χ2n) is 11.0. The molecule has 0 heterocycles. The lowest BCUT2D eigenvalue weighted by Gasteiger charge is -2.31. The van der Waals surface area contributed by atoms with E-state index in [0.717, 1.165) is 18.5 Å². The Kier molecular flexibility index (Phi) is 11.2. The minimum atomic E-state index is -0.605. The molecule has 3 heteroatoms. The first-order valence-corrected chi connectivity index (χ1v) is 20.0. The Balaban J connectivity index is 1.41. The average molecular weight is 636 g/mol. The molecular weight excluding hydrogens is 597 g/mol. The molecule has 0 fully saturated rings. The Hall–Kier alpha value is -3.65. The topological polar surface area (TPSA) is 0 Å². The maximum absolute atomic E-state index is 4.93. The van der Waals surface area contributed by atoms with Crippen LogP contribution in [0.5, 0.6) is 0 Å². The van der Waals surface area contributed by atoms with E-state index in [-0.39, 0.29) is 0 Å². The summed E-state index contributed by atoms with van der Waals surface area (Å²) in [7, 11) is -1.81. The number of allylic oxidation sites excluding steroid dienone is 1. The lowest BCUT2D eigenvalue weighted by atomic mass is 10.1. The molecule has 0 saturated carbocycles. The summed E-state index contributed by atoms with van der Waals surface area (Å²) in [4.78, 5) is 0. The van der Waals surface area contributed by atoms with E-state index >= 15 is 0 Å². The fourth-order valence-electron chi connectivity index (χ4n) is 5.60. The zero-order chi connectivity index (χ0) is 30.7. The average Bonchev–Trinajstić information content (AvgIpc) is 3.13. The van der Waals surface area contributed by atoms with Crippen molar-refractivity contribution in [2.45, 2.75) is 0 Å². The number of benzene rings is 6. The van der Waals surface area contributed by atoms with Crippen LogP contribution in [-0.2, 0) is 0 Å². The van der Waals surface area contributed by atoms with Crippen molar-refractivity contribution in [3.63, 3.8) is 0 Å². The highest BCUT2D eigenvalue weighted by molar-refractivity contribution is 7.74. The van der Waals surface area contributed by atoms with Gasteiger partial charge in [0.15, 0.2) is 0 Å². The first kappa shape index (κ1) is 31.3. The lowest BCUT2D eigenvalue weighted by Crippen LogP contribution is -2.25. The molecule has 45 heavy (non-hydrogen) atoms. The van der Waals surface area contributed by atoms with Crippen molar-refractivity contribution in [1.82, 2.24) is 0 Å². The van der Waals surface area contributed by atoms with Gasteiger partial charge in [0.05, 0.1) is 0 Å². The summed E-state index contributed by atoms with van der Waals surface area (Å²) < 4.78 is 0. The van der Waals surface area contributed by atoms with E-state index in [9.17, 15) is 0 Å². The van der Waals surface area contributed by atoms with Crippen LogP contribution in [0.1, 0.15) is 0 Å². The third-order valence-electron chi connectivity index (χ3n) is 7.95. The van der Waals surface area contributed by atoms with E-state index < -0.39 is 23.8 Å². The van der Waals surface area contributed by atoms with Crippen LogP contribution in [0.3, 0.4) is 0 Å². The summed E-state index contributed by atoms with van der Waals surface area (Å²) in [5.74, 6) is 1.51. The van der Waals surface area contributed by atoms with Crippen LogP contribution in [0.25, 0.3) is 0 Å². The van der Waals surface area contributed by atoms with Crippen molar-refractivity contribution < 1.29 is 0 Å². The molecular formula is C42H38P3. The minimum Gasteiger partial charge on any atom is -0.0989 e. The van der Waals surface area contributed by atoms with Crippen LogP contribution in [0.4, 0.5) is 0 Å². The van der Waals surface area contributed by atoms with Crippen molar-refractivity contribution in [1.29, 1.82) is 0 Å². The fraction of sp³-hybridized carbons (Fsp3) is 0.0714. The highest BCUT2D eigenvalue weighted by atomic mass is 31.1. The predicted molar refractivity (Wildman–Crippen MR) is 204 cm³/mol. The molecule has 0 amide bonds. The van der Waals surface area contributed by atoms with Gasteiger partial charge in [0.1, 0.15) is 0 Å². The Labute approximate surface area is 273 Å². The third-order valence-corrected chi connectivity index (χ3v) is 15.6. The molecule has 0 saturated heterocycles. The molecule has 0 aromatic heterocycles. The Morgan fingerprint density at radius 2 is 0.511 bits per heavy atom. The van der Waals surface area contributed by atoms with Gasteiger partial charge in [0, 0.05) is 5.92 Å². The number of hydrogen-bond donors (Lipinski definition) is 0. The second-order valence-corrected chi connectivity index (χ2v) is 17.6. The number of hydrogen-bond acceptors (Lipinski definition) is 0. The lowest BCUT2D eigenvalue weighted by molar-refractivity contribution is 1.14. The van der Waals surface area contributed by atoms with E-state index in [1.807, 2.05) is 0 Å². The van der Waals surface area contributed by atoms with E-state index in [0.29, 0.717) is 0 Å². The van der Waals surface area contributed by atoms with Crippen LogP contribution >= 0.6 is 23.8 Å². The summed E-state index contributed by atoms with van der Waals surface area (Å²) in [5, 5.41) is 8.48. The molecule has 0 aliphatic carbocycles. The molecule has 0 aliphatic rings. The third kappa shape index (κ3) is 8.34. The summed E-state index contributed by atoms with van der Waals surface area (Å²) in [6.07, 6.45) is 2.97. The molecule has 6 rings (SSSR count). The predicted octanol–water partition coefficient (Wildman–Crippen LogP) is 8.52. The second kappa shape index (κ2) is 16.1. The number of rotatable bonds is 13. The van der Waals surface area contributed by atoms with Gasteiger partial charge in [-0.15, -0.1) is 0 Å². The van der Waals surface area contributed by atoms with Crippen LogP contribution in [0.15, 0.2) is 194 Å². The SMILES string of the molecule is C=C(CP(c1ccccc1)c1ccccc1)[C](CP(c1ccccc1)c1ccccc1)CP(c1ccccc1)c1ccccc1. The highest BCUT2D eigenvalue weighted by Gasteiger charge is 2.28. The maximum Gasteiger partial charge on any atom is 0.0104 e. The van der Waals surface area contributed by atoms with Crippen molar-refractivity contribution >= 4 is 55.6 Å². The van der Waals surface area contributed by atoms with E-state index in [4.69, 9.17) is 6.58 Å². The zero-order valence-electron chi connectivity index (χ0n) is 25.5. The quantitative estimate of drug-likeness (QED) is 0.112. The van der Waals surface area contributed by atoms with Crippen LogP contribution < -0.4 is 31.8 Å². The van der Waals surface area contributed by atoms with Crippen LogP contribution in [0, 0.1) is 5.92 Å². The molecule has 0 bridgehead atoms. The van der Waals surface area contributed by atoms with Gasteiger partial charge in [-0.25, -0.2) is 0 Å². The standard InChI is InChI=1S/C42H38P3/c1-35(32-43(37-20-8-2-9-21-37)38-22-10-3-11-23-38)36(33-44(39-24-12-4-13-25-39)40-26-14-5-15-27-40)34-45(41-28-16-6-17-29-41)42-30-18-7-19-31-42/h2-31H,1,32-34H2. The van der Waals surface area contributed by atoms with Gasteiger partial charge in [0.2, 0.25) is 0 Å². The van der Waals surface area contributed by atoms with Crippen LogP contribution in [-0.4, -0.2) is 18.5 Å². The Morgan fingerprint density at radius 3 is 0.733 bits per heavy atom. The van der Waals surface area contributed by atoms with Gasteiger partial charge in [-0.1, -0.05) is 194 Å². The molecule has 0 spiro atoms. The van der Waals surface area contributed by atoms with E-state index in [1.54, 1.807) is 0 Å². The summed E-state index contributed by atoms with van der Waals surface area (Å²) in [6.45, 7) is 4.93. The Bertz CT molecular complexity index is 1520. The minimum absolute atomic E-state index is 0.596. The van der Waals surface area contributed by atoms with Crippen molar-refractivity contribution in [2.75, 3.05) is 18.5 Å². The van der Waals surface area contributed by atoms with Gasteiger partial charge in [-0.05, 0) is 74.1 Å². The van der Waals surface area contributed by atoms with E-state index in [1.165, 1.54) is 43.3 Å². The van der Waals surface area contributed by atoms with E-state index in [2.05, 4.69) is 182 Å². The molecule has 0 unspecified atom stereocenters. The molecule has 0 aliphatic heterocycles. The molecule has 0 nitrogen and oxygen atoms in total. The first-order chi connectivity index (χ1) is 22.3. The fourth-order valence-corrected chi connectivity index (χ4v) is 13.0. The van der Waals surface area contributed by atoms with Crippen molar-refractivity contribution in [3.05, 3.63) is 200 Å². The summed E-state index contributed by atoms with van der Waals surface area (Å²) in [5.41, 5.74) is 1.30. The monoisotopic (exact) mass is 635 g/mol. The summed E-state index contributed by atoms with van der Waals surface area (Å²) >= 11 is 0. The molecule has 1 radical (unpaired) electrons. The molecule has 6 aromatic rings. The Morgan fingerprint density at radius 1 is 0.311 bits per heavy atom. The first-order valence-electron chi connectivity index (χ1n) is 15.4. The smallest absolute Gasteiger partial charge is 0.0104 e. The van der Waals surface area contributed by atoms with Gasteiger partial charge in [0.25, 0.3) is 0 Å².